The van der Waals surface area contributed by atoms with Gasteiger partial charge >= 0.3 is 0 Å². The summed E-state index contributed by atoms with van der Waals surface area (Å²) in [6.07, 6.45) is 1.68. The molecule has 2 aliphatic rings. The van der Waals surface area contributed by atoms with Gasteiger partial charge in [0.15, 0.2) is 11.5 Å². The molecule has 1 amide bonds. The molecule has 0 saturated heterocycles. The van der Waals surface area contributed by atoms with Gasteiger partial charge in [-0.1, -0.05) is 11.6 Å². The number of anilines is 1. The van der Waals surface area contributed by atoms with Crippen molar-refractivity contribution >= 4 is 39.2 Å². The third-order valence-electron chi connectivity index (χ3n) is 5.88. The molecule has 1 aromatic carbocycles. The minimum absolute atomic E-state index is 0.0275. The van der Waals surface area contributed by atoms with E-state index in [0.29, 0.717) is 0 Å². The second-order valence-corrected chi connectivity index (χ2v) is 10.4. The third kappa shape index (κ3) is 3.06. The van der Waals surface area contributed by atoms with Crippen LogP contribution in [0.4, 0.5) is 14.5 Å². The number of aromatic nitrogens is 1. The second-order valence-electron chi connectivity index (χ2n) is 7.64. The summed E-state index contributed by atoms with van der Waals surface area (Å²) in [7, 11) is -2.59. The van der Waals surface area contributed by atoms with Crippen LogP contribution in [0.15, 0.2) is 35.5 Å². The van der Waals surface area contributed by atoms with Crippen LogP contribution in [0.3, 0.4) is 0 Å². The first-order chi connectivity index (χ1) is 14.4. The normalized spacial score (nSPS) is 23.4. The number of hydrogen-bond donors (Lipinski definition) is 2. The predicted octanol–water partition coefficient (Wildman–Crippen LogP) is 2.60. The number of hydrogen-bond acceptors (Lipinski definition) is 6. The molecule has 1 spiro atoms. The van der Waals surface area contributed by atoms with Crippen LogP contribution in [-0.4, -0.2) is 41.4 Å². The highest BCUT2D eigenvalue weighted by atomic mass is 35.5. The fraction of sp³-hybridized carbons (Fsp3) is 0.316. The van der Waals surface area contributed by atoms with E-state index in [0.717, 1.165) is 22.6 Å². The maximum absolute atomic E-state index is 14.9. The van der Waals surface area contributed by atoms with Gasteiger partial charge in [0.1, 0.15) is 16.1 Å². The van der Waals surface area contributed by atoms with Gasteiger partial charge in [0.25, 0.3) is 5.91 Å². The Morgan fingerprint density at radius 2 is 1.94 bits per heavy atom. The van der Waals surface area contributed by atoms with Crippen LogP contribution >= 0.6 is 11.6 Å². The molecule has 2 heterocycles. The Hall–Kier alpha value is -2.79. The largest absolute Gasteiger partial charge is 0.369 e. The molecular formula is C19H18ClF2N5O3S. The van der Waals surface area contributed by atoms with Crippen LogP contribution in [0.25, 0.3) is 0 Å². The van der Waals surface area contributed by atoms with Crippen molar-refractivity contribution in [1.82, 2.24) is 9.29 Å². The number of nitrogens with zero attached hydrogens (tertiary/aromatic N) is 3. The molecule has 12 heteroatoms. The molecule has 2 aromatic rings. The van der Waals surface area contributed by atoms with Gasteiger partial charge in [-0.25, -0.2) is 31.5 Å². The number of carbonyl (C=O) groups is 1. The highest BCUT2D eigenvalue weighted by Gasteiger charge is 2.70. The number of nitrogens with two attached hydrogens (primary N) is 1. The number of nitrogens with one attached hydrogen (secondary N) is 1. The summed E-state index contributed by atoms with van der Waals surface area (Å²) < 4.78 is 54.5. The lowest BCUT2D eigenvalue weighted by molar-refractivity contribution is 0.101. The number of aliphatic imine (C=N–C) groups is 1. The fourth-order valence-electron chi connectivity index (χ4n) is 3.95. The first-order valence-electron chi connectivity index (χ1n) is 9.19. The predicted molar refractivity (Wildman–Crippen MR) is 111 cm³/mol. The Labute approximate surface area is 182 Å². The van der Waals surface area contributed by atoms with E-state index in [1.807, 2.05) is 0 Å². The van der Waals surface area contributed by atoms with Crippen LogP contribution in [-0.2, 0) is 15.6 Å². The Kier molecular flexibility index (Phi) is 4.74. The average molecular weight is 470 g/mol. The summed E-state index contributed by atoms with van der Waals surface area (Å²) in [5, 5.41) is 2.47. The number of sulfonamides is 1. The van der Waals surface area contributed by atoms with Crippen molar-refractivity contribution in [3.05, 3.63) is 58.4 Å². The fourth-order valence-corrected chi connectivity index (χ4v) is 6.18. The zero-order valence-corrected chi connectivity index (χ0v) is 18.1. The summed E-state index contributed by atoms with van der Waals surface area (Å²) in [6.45, 7) is 1.50. The first-order valence-corrected chi connectivity index (χ1v) is 11.0. The van der Waals surface area contributed by atoms with E-state index in [-0.39, 0.29) is 35.1 Å². The van der Waals surface area contributed by atoms with Gasteiger partial charge < -0.3 is 11.1 Å². The number of carbonyl (C=O) groups excluding carboxylic acids is 1. The van der Waals surface area contributed by atoms with Crippen molar-refractivity contribution in [2.24, 2.45) is 10.7 Å². The molecule has 1 fully saturated rings. The molecule has 31 heavy (non-hydrogen) atoms. The van der Waals surface area contributed by atoms with Crippen molar-refractivity contribution in [3.8, 4) is 0 Å². The Balaban J connectivity index is 1.76. The van der Waals surface area contributed by atoms with E-state index < -0.39 is 43.5 Å². The molecule has 0 bridgehead atoms. The summed E-state index contributed by atoms with van der Waals surface area (Å²) in [5.74, 6) is -2.77. The number of rotatable bonds is 3. The molecule has 164 valence electrons. The summed E-state index contributed by atoms with van der Waals surface area (Å²) in [6, 6.07) is 4.57. The number of guanidine groups is 1. The highest BCUT2D eigenvalue weighted by molar-refractivity contribution is 7.91. The van der Waals surface area contributed by atoms with Gasteiger partial charge in [0, 0.05) is 24.5 Å². The van der Waals surface area contributed by atoms with Crippen LogP contribution < -0.4 is 11.1 Å². The molecule has 1 aliphatic heterocycles. The molecule has 1 saturated carbocycles. The lowest BCUT2D eigenvalue weighted by Gasteiger charge is -2.42. The summed E-state index contributed by atoms with van der Waals surface area (Å²) in [5.41, 5.74) is 3.88. The molecule has 1 atom stereocenters. The van der Waals surface area contributed by atoms with E-state index >= 15 is 0 Å². The highest BCUT2D eigenvalue weighted by Crippen LogP contribution is 2.60. The van der Waals surface area contributed by atoms with Crippen LogP contribution in [0.1, 0.15) is 35.8 Å². The minimum Gasteiger partial charge on any atom is -0.369 e. The minimum atomic E-state index is -3.89. The molecule has 1 aliphatic carbocycles. The molecular weight excluding hydrogens is 452 g/mol. The smallest absolute Gasteiger partial charge is 0.277 e. The van der Waals surface area contributed by atoms with Crippen LogP contribution in [0.5, 0.6) is 0 Å². The Morgan fingerprint density at radius 1 is 1.26 bits per heavy atom. The number of pyridine rings is 1. The summed E-state index contributed by atoms with van der Waals surface area (Å²) in [4.78, 5) is 20.4. The van der Waals surface area contributed by atoms with Crippen molar-refractivity contribution in [2.45, 2.75) is 30.1 Å². The quantitative estimate of drug-likeness (QED) is 0.716. The molecule has 8 nitrogen and oxygen atoms in total. The average Bonchev–Trinajstić information content (AvgIpc) is 3.50. The van der Waals surface area contributed by atoms with Gasteiger partial charge in [-0.3, -0.25) is 4.79 Å². The first kappa shape index (κ1) is 21.4. The summed E-state index contributed by atoms with van der Waals surface area (Å²) >= 11 is 5.65. The lowest BCUT2D eigenvalue weighted by Crippen LogP contribution is -2.58. The van der Waals surface area contributed by atoms with Crippen molar-refractivity contribution in [3.63, 3.8) is 0 Å². The molecule has 1 aromatic heterocycles. The number of amides is 1. The lowest BCUT2D eigenvalue weighted by atomic mass is 9.86. The SMILES string of the molecule is CN1C(N)=NC(C)(c2cc(NC(=O)c3ncc(Cl)cc3F)ccc2F)C2(CC2)S1(=O)=O. The topological polar surface area (TPSA) is 118 Å². The molecule has 0 radical (unpaired) electrons. The monoisotopic (exact) mass is 469 g/mol. The Morgan fingerprint density at radius 3 is 2.55 bits per heavy atom. The van der Waals surface area contributed by atoms with Crippen LogP contribution in [0.2, 0.25) is 5.02 Å². The molecule has 1 unspecified atom stereocenters. The molecule has 3 N–H and O–H groups in total. The van der Waals surface area contributed by atoms with Gasteiger partial charge in [-0.05, 0) is 44.0 Å². The van der Waals surface area contributed by atoms with E-state index in [2.05, 4.69) is 15.3 Å². The van der Waals surface area contributed by atoms with Gasteiger partial charge in [-0.2, -0.15) is 0 Å². The molecule has 4 rings (SSSR count). The van der Waals surface area contributed by atoms with Crippen molar-refractivity contribution < 1.29 is 22.0 Å². The number of benzene rings is 1. The van der Waals surface area contributed by atoms with Gasteiger partial charge in [-0.15, -0.1) is 0 Å². The van der Waals surface area contributed by atoms with E-state index in [1.54, 1.807) is 0 Å². The zero-order chi connectivity index (χ0) is 22.8. The van der Waals surface area contributed by atoms with Crippen LogP contribution in [0, 0.1) is 11.6 Å². The second kappa shape index (κ2) is 6.86. The zero-order valence-electron chi connectivity index (χ0n) is 16.5. The van der Waals surface area contributed by atoms with E-state index in [4.69, 9.17) is 17.3 Å². The van der Waals surface area contributed by atoms with Gasteiger partial charge in [0.05, 0.1) is 5.02 Å². The Bertz CT molecular complexity index is 1250. The van der Waals surface area contributed by atoms with Gasteiger partial charge in [0.2, 0.25) is 16.0 Å². The van der Waals surface area contributed by atoms with E-state index in [1.165, 1.54) is 26.1 Å². The maximum atomic E-state index is 14.9. The van der Waals surface area contributed by atoms with Crippen molar-refractivity contribution in [2.75, 3.05) is 12.4 Å². The maximum Gasteiger partial charge on any atom is 0.277 e. The standard InChI is InChI=1S/C19H18ClF2N5O3S/c1-18(19(5-6-19)31(29,30)27(2)17(23)26-18)12-8-11(3-4-13(12)21)25-16(28)15-14(22)7-10(20)9-24-15/h3-4,7-9H,5-6H2,1-2H3,(H2,23,26)(H,25,28). The third-order valence-corrected chi connectivity index (χ3v) is 8.79. The number of halogens is 3. The van der Waals surface area contributed by atoms with E-state index in [9.17, 15) is 22.0 Å². The van der Waals surface area contributed by atoms with Crippen molar-refractivity contribution in [1.29, 1.82) is 0 Å².